The highest BCUT2D eigenvalue weighted by Gasteiger charge is 2.14. The Balaban J connectivity index is 1.65. The Kier molecular flexibility index (Phi) is 4.01. The molecule has 0 fully saturated rings. The standard InChI is InChI=1S/C16H15N5OS3/c1-7-5-24-16-18-10(4-11(22)21(7)16)6-23-15-19-13(17)12-8(2)9(3)25-14(12)20-15/h4-5H,6H2,1-3H3,(H2,17,19,20). The maximum absolute atomic E-state index is 12.2. The van der Waals surface area contributed by atoms with Crippen LogP contribution in [0.1, 0.15) is 21.8 Å². The van der Waals surface area contributed by atoms with Crippen LogP contribution in [0.4, 0.5) is 5.82 Å². The van der Waals surface area contributed by atoms with Gasteiger partial charge in [0.05, 0.1) is 11.1 Å². The number of rotatable bonds is 3. The summed E-state index contributed by atoms with van der Waals surface area (Å²) in [5.41, 5.74) is 8.83. The molecule has 0 aromatic carbocycles. The molecule has 0 radical (unpaired) electrons. The van der Waals surface area contributed by atoms with E-state index in [9.17, 15) is 4.79 Å². The van der Waals surface area contributed by atoms with E-state index in [1.165, 1.54) is 28.0 Å². The molecule has 0 spiro atoms. The highest BCUT2D eigenvalue weighted by molar-refractivity contribution is 7.98. The van der Waals surface area contributed by atoms with E-state index in [2.05, 4.69) is 21.9 Å². The van der Waals surface area contributed by atoms with Gasteiger partial charge in [0.2, 0.25) is 0 Å². The van der Waals surface area contributed by atoms with Gasteiger partial charge in [-0.1, -0.05) is 11.8 Å². The molecule has 128 valence electrons. The minimum atomic E-state index is -0.0558. The second-order valence-corrected chi connectivity index (χ2v) is 8.71. The molecular weight excluding hydrogens is 374 g/mol. The summed E-state index contributed by atoms with van der Waals surface area (Å²) < 4.78 is 1.62. The fourth-order valence-corrected chi connectivity index (χ4v) is 5.37. The topological polar surface area (TPSA) is 86.2 Å². The number of thiazole rings is 1. The normalized spacial score (nSPS) is 11.6. The molecule has 6 nitrogen and oxygen atoms in total. The molecule has 0 aliphatic carbocycles. The number of nitrogens with two attached hydrogens (primary N) is 1. The molecule has 2 N–H and O–H groups in total. The van der Waals surface area contributed by atoms with Crippen LogP contribution >= 0.6 is 34.4 Å². The zero-order valence-corrected chi connectivity index (χ0v) is 16.3. The van der Waals surface area contributed by atoms with Gasteiger partial charge in [-0.15, -0.1) is 22.7 Å². The van der Waals surface area contributed by atoms with Crippen molar-refractivity contribution in [3.63, 3.8) is 0 Å². The number of hydrogen-bond acceptors (Lipinski definition) is 8. The molecule has 4 rings (SSSR count). The predicted molar refractivity (Wildman–Crippen MR) is 105 cm³/mol. The molecule has 0 aliphatic heterocycles. The molecule has 0 amide bonds. The van der Waals surface area contributed by atoms with Crippen LogP contribution in [0.25, 0.3) is 15.2 Å². The highest BCUT2D eigenvalue weighted by Crippen LogP contribution is 2.33. The second kappa shape index (κ2) is 6.08. The summed E-state index contributed by atoms with van der Waals surface area (Å²) in [6.45, 7) is 6.00. The first kappa shape index (κ1) is 16.5. The van der Waals surface area contributed by atoms with Gasteiger partial charge in [0.1, 0.15) is 10.6 Å². The number of aromatic nitrogens is 4. The van der Waals surface area contributed by atoms with Gasteiger partial charge in [-0.2, -0.15) is 0 Å². The Hall–Kier alpha value is -1.97. The van der Waals surface area contributed by atoms with Crippen LogP contribution in [0, 0.1) is 20.8 Å². The van der Waals surface area contributed by atoms with Crippen molar-refractivity contribution in [3.05, 3.63) is 43.6 Å². The van der Waals surface area contributed by atoms with Gasteiger partial charge < -0.3 is 5.73 Å². The number of fused-ring (bicyclic) bond motifs is 2. The van der Waals surface area contributed by atoms with Crippen molar-refractivity contribution in [2.75, 3.05) is 5.73 Å². The average Bonchev–Trinajstić information content (AvgIpc) is 3.06. The number of anilines is 1. The summed E-state index contributed by atoms with van der Waals surface area (Å²) in [4.78, 5) is 28.6. The number of aryl methyl sites for hydroxylation is 3. The first-order valence-electron chi connectivity index (χ1n) is 7.57. The van der Waals surface area contributed by atoms with E-state index >= 15 is 0 Å². The Labute approximate surface area is 155 Å². The quantitative estimate of drug-likeness (QED) is 0.426. The second-order valence-electron chi connectivity index (χ2n) is 5.72. The predicted octanol–water partition coefficient (Wildman–Crippen LogP) is 3.56. The van der Waals surface area contributed by atoms with E-state index in [-0.39, 0.29) is 5.56 Å². The summed E-state index contributed by atoms with van der Waals surface area (Å²) in [5.74, 6) is 1.03. The molecule has 4 aromatic heterocycles. The Morgan fingerprint density at radius 1 is 1.24 bits per heavy atom. The van der Waals surface area contributed by atoms with Crippen LogP contribution in [0.2, 0.25) is 0 Å². The third kappa shape index (κ3) is 2.82. The molecule has 0 atom stereocenters. The largest absolute Gasteiger partial charge is 0.383 e. The zero-order chi connectivity index (χ0) is 17.7. The fourth-order valence-electron chi connectivity index (χ4n) is 2.64. The van der Waals surface area contributed by atoms with E-state index in [1.54, 1.807) is 21.8 Å². The lowest BCUT2D eigenvalue weighted by molar-refractivity contribution is 0.988. The van der Waals surface area contributed by atoms with Crippen molar-refractivity contribution in [3.8, 4) is 0 Å². The molecule has 9 heteroatoms. The first-order chi connectivity index (χ1) is 11.9. The number of thiophene rings is 1. The first-order valence-corrected chi connectivity index (χ1v) is 10.2. The molecule has 0 aliphatic rings. The van der Waals surface area contributed by atoms with E-state index in [0.29, 0.717) is 21.7 Å². The Bertz CT molecular complexity index is 1170. The Morgan fingerprint density at radius 2 is 2.04 bits per heavy atom. The molecule has 0 unspecified atom stereocenters. The smallest absolute Gasteiger partial charge is 0.258 e. The van der Waals surface area contributed by atoms with Crippen LogP contribution in [-0.4, -0.2) is 19.4 Å². The molecule has 0 bridgehead atoms. The number of nitrogens with zero attached hydrogens (tertiary/aromatic N) is 4. The van der Waals surface area contributed by atoms with Crippen LogP contribution in [0.5, 0.6) is 0 Å². The molecule has 0 saturated carbocycles. The summed E-state index contributed by atoms with van der Waals surface area (Å²) in [7, 11) is 0. The lowest BCUT2D eigenvalue weighted by Gasteiger charge is -2.03. The van der Waals surface area contributed by atoms with Gasteiger partial charge in [0, 0.05) is 27.8 Å². The third-order valence-corrected chi connectivity index (χ3v) is 6.94. The summed E-state index contributed by atoms with van der Waals surface area (Å²) in [6.07, 6.45) is 0. The number of nitrogen functional groups attached to an aromatic ring is 1. The fraction of sp³-hybridized carbons (Fsp3) is 0.250. The molecule has 0 saturated heterocycles. The van der Waals surface area contributed by atoms with Crippen molar-refractivity contribution in [1.82, 2.24) is 19.4 Å². The summed E-state index contributed by atoms with van der Waals surface area (Å²) in [6, 6.07) is 1.57. The van der Waals surface area contributed by atoms with Crippen molar-refractivity contribution < 1.29 is 0 Å². The lowest BCUT2D eigenvalue weighted by Crippen LogP contribution is -2.14. The number of hydrogen-bond donors (Lipinski definition) is 1. The van der Waals surface area contributed by atoms with E-state index in [1.807, 2.05) is 19.2 Å². The van der Waals surface area contributed by atoms with Crippen molar-refractivity contribution in [1.29, 1.82) is 0 Å². The van der Waals surface area contributed by atoms with Crippen LogP contribution < -0.4 is 11.3 Å². The molecule has 4 aromatic rings. The van der Waals surface area contributed by atoms with Gasteiger partial charge in [-0.25, -0.2) is 15.0 Å². The van der Waals surface area contributed by atoms with Crippen molar-refractivity contribution in [2.24, 2.45) is 0 Å². The maximum atomic E-state index is 12.2. The number of thioether (sulfide) groups is 1. The van der Waals surface area contributed by atoms with Gasteiger partial charge in [-0.3, -0.25) is 9.20 Å². The van der Waals surface area contributed by atoms with E-state index < -0.39 is 0 Å². The van der Waals surface area contributed by atoms with Gasteiger partial charge in [0.15, 0.2) is 10.1 Å². The monoisotopic (exact) mass is 389 g/mol. The third-order valence-electron chi connectivity index (χ3n) is 4.01. The Morgan fingerprint density at radius 3 is 2.84 bits per heavy atom. The molecule has 25 heavy (non-hydrogen) atoms. The van der Waals surface area contributed by atoms with Crippen LogP contribution in [0.3, 0.4) is 0 Å². The molecule has 4 heterocycles. The summed E-state index contributed by atoms with van der Waals surface area (Å²) >= 11 is 4.53. The maximum Gasteiger partial charge on any atom is 0.258 e. The van der Waals surface area contributed by atoms with Crippen LogP contribution in [0.15, 0.2) is 21.4 Å². The van der Waals surface area contributed by atoms with Gasteiger partial charge in [-0.05, 0) is 26.3 Å². The average molecular weight is 390 g/mol. The highest BCUT2D eigenvalue weighted by atomic mass is 32.2. The van der Waals surface area contributed by atoms with E-state index in [0.717, 1.165) is 27.2 Å². The van der Waals surface area contributed by atoms with Crippen molar-refractivity contribution >= 4 is 55.4 Å². The van der Waals surface area contributed by atoms with Crippen molar-refractivity contribution in [2.45, 2.75) is 31.7 Å². The zero-order valence-electron chi connectivity index (χ0n) is 13.9. The van der Waals surface area contributed by atoms with Gasteiger partial charge in [0.25, 0.3) is 5.56 Å². The lowest BCUT2D eigenvalue weighted by atomic mass is 10.2. The SMILES string of the molecule is Cc1sc2nc(SCc3cc(=O)n4c(C)csc4n3)nc(N)c2c1C. The van der Waals surface area contributed by atoms with E-state index in [4.69, 9.17) is 5.73 Å². The van der Waals surface area contributed by atoms with Gasteiger partial charge >= 0.3 is 0 Å². The summed E-state index contributed by atoms with van der Waals surface area (Å²) in [5, 5.41) is 3.48. The van der Waals surface area contributed by atoms with Crippen LogP contribution in [-0.2, 0) is 5.75 Å². The minimum Gasteiger partial charge on any atom is -0.383 e. The molecular formula is C16H15N5OS3. The minimum absolute atomic E-state index is 0.0558.